The van der Waals surface area contributed by atoms with E-state index in [9.17, 15) is 9.90 Å². The van der Waals surface area contributed by atoms with Crippen molar-refractivity contribution >= 4 is 21.9 Å². The van der Waals surface area contributed by atoms with Crippen molar-refractivity contribution in [3.05, 3.63) is 27.7 Å². The van der Waals surface area contributed by atoms with Gasteiger partial charge in [0.2, 0.25) is 0 Å². The van der Waals surface area contributed by atoms with Crippen molar-refractivity contribution in [1.29, 1.82) is 0 Å². The molecule has 1 atom stereocenters. The van der Waals surface area contributed by atoms with Crippen molar-refractivity contribution < 1.29 is 14.6 Å². The van der Waals surface area contributed by atoms with Gasteiger partial charge >= 0.3 is 5.97 Å². The fourth-order valence-electron chi connectivity index (χ4n) is 1.34. The molecule has 0 aliphatic rings. The van der Waals surface area contributed by atoms with Crippen LogP contribution in [0.5, 0.6) is 5.75 Å². The molecule has 0 aromatic heterocycles. The van der Waals surface area contributed by atoms with Gasteiger partial charge in [-0.3, -0.25) is 4.79 Å². The van der Waals surface area contributed by atoms with E-state index in [-0.39, 0.29) is 12.2 Å². The Bertz CT molecular complexity index is 406. The lowest BCUT2D eigenvalue weighted by molar-refractivity contribution is -0.142. The first-order valence-electron chi connectivity index (χ1n) is 4.77. The number of hydrogen-bond donors (Lipinski definition) is 2. The van der Waals surface area contributed by atoms with E-state index in [2.05, 4.69) is 20.7 Å². The Balaban J connectivity index is 2.89. The van der Waals surface area contributed by atoms with Crippen molar-refractivity contribution in [3.8, 4) is 5.75 Å². The average Bonchev–Trinajstić information content (AvgIpc) is 2.24. The summed E-state index contributed by atoms with van der Waals surface area (Å²) >= 11 is 3.36. The summed E-state index contributed by atoms with van der Waals surface area (Å²) in [6.45, 7) is 1.87. The quantitative estimate of drug-likeness (QED) is 0.827. The molecule has 0 spiro atoms. The lowest BCUT2D eigenvalue weighted by Crippen LogP contribution is -2.33. The van der Waals surface area contributed by atoms with Crippen LogP contribution in [0.25, 0.3) is 0 Å². The summed E-state index contributed by atoms with van der Waals surface area (Å²) in [5.41, 5.74) is 7.16. The van der Waals surface area contributed by atoms with Crippen molar-refractivity contribution in [2.24, 2.45) is 5.73 Å². The number of methoxy groups -OCH3 is 1. The molecule has 0 heterocycles. The maximum atomic E-state index is 11.1. The molecular weight excluding hydrogens is 274 g/mol. The standard InChI is InChI=1S/C11H14BrNO3/c1-6-3-10(14)7(4-8(6)12)5-9(13)11(15)16-2/h3-4,9,14H,5,13H2,1-2H3. The predicted molar refractivity (Wildman–Crippen MR) is 64.2 cm³/mol. The number of phenols is 1. The van der Waals surface area contributed by atoms with Gasteiger partial charge < -0.3 is 15.6 Å². The van der Waals surface area contributed by atoms with Crippen LogP contribution in [0.4, 0.5) is 0 Å². The summed E-state index contributed by atoms with van der Waals surface area (Å²) < 4.78 is 5.39. The van der Waals surface area contributed by atoms with Crippen LogP contribution in [0.15, 0.2) is 16.6 Å². The lowest BCUT2D eigenvalue weighted by Gasteiger charge is -2.11. The fourth-order valence-corrected chi connectivity index (χ4v) is 1.73. The predicted octanol–water partition coefficient (Wildman–Crippen LogP) is 1.51. The Kier molecular flexibility index (Phi) is 4.32. The molecule has 0 saturated carbocycles. The molecule has 1 unspecified atom stereocenters. The van der Waals surface area contributed by atoms with Crippen molar-refractivity contribution in [1.82, 2.24) is 0 Å². The number of phenolic OH excluding ortho intramolecular Hbond substituents is 1. The Hall–Kier alpha value is -1.07. The molecule has 0 bridgehead atoms. The summed E-state index contributed by atoms with van der Waals surface area (Å²) in [5.74, 6) is -0.351. The number of aryl methyl sites for hydroxylation is 1. The zero-order valence-corrected chi connectivity index (χ0v) is 10.7. The number of aromatic hydroxyl groups is 1. The van der Waals surface area contributed by atoms with E-state index in [1.165, 1.54) is 7.11 Å². The monoisotopic (exact) mass is 287 g/mol. The van der Waals surface area contributed by atoms with Crippen LogP contribution in [0.2, 0.25) is 0 Å². The Morgan fingerprint density at radius 1 is 1.62 bits per heavy atom. The molecule has 16 heavy (non-hydrogen) atoms. The summed E-state index contributed by atoms with van der Waals surface area (Å²) in [5, 5.41) is 9.69. The van der Waals surface area contributed by atoms with Crippen LogP contribution in [0, 0.1) is 6.92 Å². The number of hydrogen-bond acceptors (Lipinski definition) is 4. The molecule has 5 heteroatoms. The highest BCUT2D eigenvalue weighted by atomic mass is 79.9. The Morgan fingerprint density at radius 3 is 2.81 bits per heavy atom. The van der Waals surface area contributed by atoms with Gasteiger partial charge in [-0.25, -0.2) is 0 Å². The van der Waals surface area contributed by atoms with E-state index in [1.54, 1.807) is 12.1 Å². The van der Waals surface area contributed by atoms with Crippen molar-refractivity contribution in [2.45, 2.75) is 19.4 Å². The van der Waals surface area contributed by atoms with Crippen LogP contribution in [0.3, 0.4) is 0 Å². The fraction of sp³-hybridized carbons (Fsp3) is 0.364. The second-order valence-corrected chi connectivity index (χ2v) is 4.42. The molecule has 4 nitrogen and oxygen atoms in total. The molecule has 1 aromatic rings. The van der Waals surface area contributed by atoms with Crippen LogP contribution in [0.1, 0.15) is 11.1 Å². The third-order valence-corrected chi connectivity index (χ3v) is 3.16. The number of ether oxygens (including phenoxy) is 1. The van der Waals surface area contributed by atoms with Crippen LogP contribution >= 0.6 is 15.9 Å². The van der Waals surface area contributed by atoms with E-state index in [1.807, 2.05) is 6.92 Å². The number of esters is 1. The average molecular weight is 288 g/mol. The van der Waals surface area contributed by atoms with Gasteiger partial charge in [-0.15, -0.1) is 0 Å². The summed E-state index contributed by atoms with van der Waals surface area (Å²) in [4.78, 5) is 11.1. The molecule has 1 rings (SSSR count). The van der Waals surface area contributed by atoms with Gasteiger partial charge in [0.25, 0.3) is 0 Å². The van der Waals surface area contributed by atoms with Gasteiger partial charge in [-0.2, -0.15) is 0 Å². The minimum atomic E-state index is -0.759. The Morgan fingerprint density at radius 2 is 2.25 bits per heavy atom. The molecule has 1 aromatic carbocycles. The minimum absolute atomic E-state index is 0.139. The van der Waals surface area contributed by atoms with E-state index in [0.29, 0.717) is 5.56 Å². The topological polar surface area (TPSA) is 72.5 Å². The SMILES string of the molecule is COC(=O)C(N)Cc1cc(Br)c(C)cc1O. The van der Waals surface area contributed by atoms with E-state index in [4.69, 9.17) is 5.73 Å². The first-order chi connectivity index (χ1) is 7.45. The van der Waals surface area contributed by atoms with Crippen molar-refractivity contribution in [3.63, 3.8) is 0 Å². The molecule has 0 saturated heterocycles. The second-order valence-electron chi connectivity index (χ2n) is 3.56. The van der Waals surface area contributed by atoms with E-state index >= 15 is 0 Å². The number of benzene rings is 1. The van der Waals surface area contributed by atoms with E-state index in [0.717, 1.165) is 10.0 Å². The zero-order chi connectivity index (χ0) is 12.3. The number of rotatable bonds is 3. The van der Waals surface area contributed by atoms with Crippen molar-refractivity contribution in [2.75, 3.05) is 7.11 Å². The molecule has 0 amide bonds. The molecule has 3 N–H and O–H groups in total. The number of halogens is 1. The molecule has 88 valence electrons. The van der Waals surface area contributed by atoms with Crippen LogP contribution < -0.4 is 5.73 Å². The third-order valence-electron chi connectivity index (χ3n) is 2.30. The van der Waals surface area contributed by atoms with Gasteiger partial charge in [0, 0.05) is 10.9 Å². The van der Waals surface area contributed by atoms with Gasteiger partial charge in [0.15, 0.2) is 0 Å². The summed E-state index contributed by atoms with van der Waals surface area (Å²) in [6, 6.07) is 2.63. The molecule has 0 radical (unpaired) electrons. The van der Waals surface area contributed by atoms with Crippen LogP contribution in [-0.4, -0.2) is 24.2 Å². The normalized spacial score (nSPS) is 12.2. The second kappa shape index (κ2) is 5.32. The van der Waals surface area contributed by atoms with Gasteiger partial charge in [0.05, 0.1) is 7.11 Å². The minimum Gasteiger partial charge on any atom is -0.508 e. The van der Waals surface area contributed by atoms with E-state index < -0.39 is 12.0 Å². The highest BCUT2D eigenvalue weighted by molar-refractivity contribution is 9.10. The maximum Gasteiger partial charge on any atom is 0.322 e. The molecular formula is C11H14BrNO3. The number of carbonyl (C=O) groups is 1. The van der Waals surface area contributed by atoms with Gasteiger partial charge in [0.1, 0.15) is 11.8 Å². The molecule has 0 fully saturated rings. The number of carbonyl (C=O) groups excluding carboxylic acids is 1. The highest BCUT2D eigenvalue weighted by Crippen LogP contribution is 2.26. The third kappa shape index (κ3) is 2.96. The zero-order valence-electron chi connectivity index (χ0n) is 9.16. The smallest absolute Gasteiger partial charge is 0.322 e. The first-order valence-corrected chi connectivity index (χ1v) is 5.56. The molecule has 0 aliphatic heterocycles. The van der Waals surface area contributed by atoms with Gasteiger partial charge in [-0.1, -0.05) is 15.9 Å². The first kappa shape index (κ1) is 13.0. The maximum absolute atomic E-state index is 11.1. The summed E-state index contributed by atoms with van der Waals surface area (Å²) in [7, 11) is 1.28. The largest absolute Gasteiger partial charge is 0.508 e. The number of nitrogens with two attached hydrogens (primary N) is 1. The van der Waals surface area contributed by atoms with Gasteiger partial charge in [-0.05, 0) is 30.2 Å². The highest BCUT2D eigenvalue weighted by Gasteiger charge is 2.16. The lowest BCUT2D eigenvalue weighted by atomic mass is 10.0. The molecule has 0 aliphatic carbocycles. The Labute approximate surface area is 103 Å². The van der Waals surface area contributed by atoms with Crippen LogP contribution in [-0.2, 0) is 16.0 Å². The summed E-state index contributed by atoms with van der Waals surface area (Å²) in [6.07, 6.45) is 0.247.